The molecule has 1 aliphatic rings. The van der Waals surface area contributed by atoms with Crippen molar-refractivity contribution in [1.82, 2.24) is 15.1 Å². The molecule has 2 atom stereocenters. The van der Waals surface area contributed by atoms with E-state index in [0.717, 1.165) is 6.42 Å². The lowest BCUT2D eigenvalue weighted by Gasteiger charge is -2.24. The fourth-order valence-electron chi connectivity index (χ4n) is 2.33. The number of hydrogen-bond donors (Lipinski definition) is 1. The van der Waals surface area contributed by atoms with E-state index < -0.39 is 0 Å². The van der Waals surface area contributed by atoms with E-state index in [1.807, 2.05) is 17.9 Å². The van der Waals surface area contributed by atoms with E-state index in [1.165, 1.54) is 24.1 Å². The van der Waals surface area contributed by atoms with Crippen LogP contribution in [-0.4, -0.2) is 15.8 Å². The van der Waals surface area contributed by atoms with E-state index in [0.29, 0.717) is 12.1 Å². The van der Waals surface area contributed by atoms with Crippen molar-refractivity contribution < 1.29 is 0 Å². The lowest BCUT2D eigenvalue weighted by molar-refractivity contribution is 0.425. The Bertz CT molecular complexity index is 379. The van der Waals surface area contributed by atoms with Gasteiger partial charge in [-0.15, -0.1) is 0 Å². The Labute approximate surface area is 97.5 Å². The van der Waals surface area contributed by atoms with Gasteiger partial charge in [0.05, 0.1) is 6.20 Å². The minimum atomic E-state index is 0.394. The zero-order valence-corrected chi connectivity index (χ0v) is 10.4. The monoisotopic (exact) mass is 219 g/mol. The second-order valence-electron chi connectivity index (χ2n) is 4.68. The van der Waals surface area contributed by atoms with Crippen LogP contribution in [-0.2, 0) is 7.05 Å². The molecule has 0 fully saturated rings. The molecule has 16 heavy (non-hydrogen) atoms. The summed E-state index contributed by atoms with van der Waals surface area (Å²) in [6, 6.07) is 1.02. The Balaban J connectivity index is 1.99. The van der Waals surface area contributed by atoms with Crippen molar-refractivity contribution in [2.24, 2.45) is 7.05 Å². The summed E-state index contributed by atoms with van der Waals surface area (Å²) >= 11 is 0. The van der Waals surface area contributed by atoms with Gasteiger partial charge < -0.3 is 5.32 Å². The number of aromatic nitrogens is 2. The molecule has 88 valence electrons. The van der Waals surface area contributed by atoms with Crippen LogP contribution in [0.15, 0.2) is 18.3 Å². The Morgan fingerprint density at radius 1 is 1.50 bits per heavy atom. The highest BCUT2D eigenvalue weighted by molar-refractivity contribution is 5.20. The third-order valence-electron chi connectivity index (χ3n) is 3.49. The summed E-state index contributed by atoms with van der Waals surface area (Å²) in [5.74, 6) is 0. The number of nitrogens with zero attached hydrogens (tertiary/aromatic N) is 2. The van der Waals surface area contributed by atoms with Gasteiger partial charge in [0.25, 0.3) is 0 Å². The van der Waals surface area contributed by atoms with Gasteiger partial charge in [-0.1, -0.05) is 12.2 Å². The maximum Gasteiger partial charge on any atom is 0.0540 e. The van der Waals surface area contributed by atoms with E-state index in [2.05, 4.69) is 36.4 Å². The van der Waals surface area contributed by atoms with Gasteiger partial charge in [0.15, 0.2) is 0 Å². The van der Waals surface area contributed by atoms with Crippen LogP contribution >= 0.6 is 0 Å². The van der Waals surface area contributed by atoms with Gasteiger partial charge in [0.1, 0.15) is 0 Å². The average molecular weight is 219 g/mol. The third-order valence-corrected chi connectivity index (χ3v) is 3.49. The minimum Gasteiger partial charge on any atom is -0.307 e. The molecular weight excluding hydrogens is 198 g/mol. The molecule has 0 bridgehead atoms. The molecule has 1 aromatic rings. The maximum absolute atomic E-state index is 4.29. The summed E-state index contributed by atoms with van der Waals surface area (Å²) in [7, 11) is 1.99. The summed E-state index contributed by atoms with van der Waals surface area (Å²) in [4.78, 5) is 0. The van der Waals surface area contributed by atoms with E-state index in [4.69, 9.17) is 0 Å². The topological polar surface area (TPSA) is 29.9 Å². The number of rotatable bonds is 3. The molecule has 2 unspecified atom stereocenters. The Morgan fingerprint density at radius 3 is 2.88 bits per heavy atom. The maximum atomic E-state index is 4.29. The third kappa shape index (κ3) is 2.35. The number of aryl methyl sites for hydroxylation is 1. The number of hydrogen-bond acceptors (Lipinski definition) is 2. The highest BCUT2D eigenvalue weighted by atomic mass is 15.3. The quantitative estimate of drug-likeness (QED) is 0.792. The van der Waals surface area contributed by atoms with Gasteiger partial charge in [-0.05, 0) is 33.1 Å². The zero-order chi connectivity index (χ0) is 11.5. The number of allylic oxidation sites excluding steroid dienone is 1. The molecule has 0 saturated heterocycles. The zero-order valence-electron chi connectivity index (χ0n) is 10.4. The van der Waals surface area contributed by atoms with Crippen LogP contribution < -0.4 is 5.32 Å². The van der Waals surface area contributed by atoms with Gasteiger partial charge in [-0.3, -0.25) is 4.68 Å². The van der Waals surface area contributed by atoms with Crippen LogP contribution in [0.2, 0.25) is 0 Å². The standard InChI is InChI=1S/C13H21N3/c1-10(13-9-14-16(3)11(13)2)15-12-7-5-4-6-8-12/h4-5,9-10,12,15H,6-8H2,1-3H3. The predicted molar refractivity (Wildman–Crippen MR) is 66.3 cm³/mol. The van der Waals surface area contributed by atoms with Crippen molar-refractivity contribution >= 4 is 0 Å². The second kappa shape index (κ2) is 4.83. The summed E-state index contributed by atoms with van der Waals surface area (Å²) in [5.41, 5.74) is 2.57. The molecule has 1 aliphatic carbocycles. The SMILES string of the molecule is Cc1c(C(C)NC2CC=CCC2)cnn1C. The van der Waals surface area contributed by atoms with Gasteiger partial charge in [0.2, 0.25) is 0 Å². The largest absolute Gasteiger partial charge is 0.307 e. The summed E-state index contributed by atoms with van der Waals surface area (Å²) in [6.07, 6.45) is 10.1. The Morgan fingerprint density at radius 2 is 2.31 bits per heavy atom. The molecule has 0 amide bonds. The first-order valence-electron chi connectivity index (χ1n) is 6.08. The molecular formula is C13H21N3. The first-order chi connectivity index (χ1) is 7.68. The first-order valence-corrected chi connectivity index (χ1v) is 6.08. The predicted octanol–water partition coefficient (Wildman–Crippen LogP) is 2.49. The van der Waals surface area contributed by atoms with Crippen LogP contribution in [0, 0.1) is 6.92 Å². The van der Waals surface area contributed by atoms with Crippen LogP contribution in [0.3, 0.4) is 0 Å². The highest BCUT2D eigenvalue weighted by Gasteiger charge is 2.16. The van der Waals surface area contributed by atoms with Gasteiger partial charge >= 0.3 is 0 Å². The average Bonchev–Trinajstić information content (AvgIpc) is 2.61. The lowest BCUT2D eigenvalue weighted by Crippen LogP contribution is -2.32. The molecule has 2 rings (SSSR count). The molecule has 1 heterocycles. The van der Waals surface area contributed by atoms with Gasteiger partial charge in [-0.25, -0.2) is 0 Å². The molecule has 0 spiro atoms. The van der Waals surface area contributed by atoms with Crippen LogP contribution in [0.5, 0.6) is 0 Å². The molecule has 3 nitrogen and oxygen atoms in total. The van der Waals surface area contributed by atoms with E-state index >= 15 is 0 Å². The highest BCUT2D eigenvalue weighted by Crippen LogP contribution is 2.19. The smallest absolute Gasteiger partial charge is 0.0540 e. The van der Waals surface area contributed by atoms with E-state index in [-0.39, 0.29) is 0 Å². The fraction of sp³-hybridized carbons (Fsp3) is 0.615. The van der Waals surface area contributed by atoms with Crippen molar-refractivity contribution in [2.45, 2.75) is 45.2 Å². The van der Waals surface area contributed by atoms with Crippen LogP contribution in [0.25, 0.3) is 0 Å². The molecule has 0 saturated carbocycles. The van der Waals surface area contributed by atoms with Gasteiger partial charge in [-0.2, -0.15) is 5.10 Å². The number of nitrogens with one attached hydrogen (secondary N) is 1. The van der Waals surface area contributed by atoms with Crippen LogP contribution in [0.4, 0.5) is 0 Å². The molecule has 1 aromatic heterocycles. The van der Waals surface area contributed by atoms with Crippen molar-refractivity contribution in [3.63, 3.8) is 0 Å². The molecule has 0 aliphatic heterocycles. The Kier molecular flexibility index (Phi) is 3.44. The molecule has 0 radical (unpaired) electrons. The lowest BCUT2D eigenvalue weighted by atomic mass is 10.00. The van der Waals surface area contributed by atoms with Gasteiger partial charge in [0, 0.05) is 30.4 Å². The molecule has 0 aromatic carbocycles. The van der Waals surface area contributed by atoms with E-state index in [1.54, 1.807) is 0 Å². The van der Waals surface area contributed by atoms with Crippen molar-refractivity contribution in [3.05, 3.63) is 29.6 Å². The molecule has 3 heteroatoms. The van der Waals surface area contributed by atoms with Crippen molar-refractivity contribution in [1.29, 1.82) is 0 Å². The van der Waals surface area contributed by atoms with E-state index in [9.17, 15) is 0 Å². The summed E-state index contributed by atoms with van der Waals surface area (Å²) in [6.45, 7) is 4.35. The summed E-state index contributed by atoms with van der Waals surface area (Å²) in [5, 5.41) is 7.98. The minimum absolute atomic E-state index is 0.394. The fourth-order valence-corrected chi connectivity index (χ4v) is 2.33. The summed E-state index contributed by atoms with van der Waals surface area (Å²) < 4.78 is 1.94. The second-order valence-corrected chi connectivity index (χ2v) is 4.68. The molecule has 1 N–H and O–H groups in total. The van der Waals surface area contributed by atoms with Crippen molar-refractivity contribution in [2.75, 3.05) is 0 Å². The van der Waals surface area contributed by atoms with Crippen molar-refractivity contribution in [3.8, 4) is 0 Å². The first kappa shape index (κ1) is 11.4. The Hall–Kier alpha value is -1.09. The van der Waals surface area contributed by atoms with Crippen LogP contribution in [0.1, 0.15) is 43.5 Å². The normalized spacial score (nSPS) is 22.3.